The SMILES string of the molecule is S=c1[nH]nc(-c2cccs2)n1CCn1ccnn1. The molecular formula is C10H10N6S2. The molecule has 0 aliphatic rings. The first kappa shape index (κ1) is 11.3. The van der Waals surface area contributed by atoms with Gasteiger partial charge >= 0.3 is 0 Å². The lowest BCUT2D eigenvalue weighted by atomic mass is 10.4. The number of aryl methyl sites for hydroxylation is 1. The van der Waals surface area contributed by atoms with E-state index in [1.54, 1.807) is 22.2 Å². The average Bonchev–Trinajstić information content (AvgIpc) is 3.08. The maximum absolute atomic E-state index is 5.25. The van der Waals surface area contributed by atoms with E-state index >= 15 is 0 Å². The molecule has 8 heteroatoms. The van der Waals surface area contributed by atoms with Crippen molar-refractivity contribution >= 4 is 23.6 Å². The van der Waals surface area contributed by atoms with Crippen LogP contribution in [0.1, 0.15) is 0 Å². The molecule has 6 nitrogen and oxygen atoms in total. The van der Waals surface area contributed by atoms with Crippen LogP contribution in [0.4, 0.5) is 0 Å². The molecule has 1 N–H and O–H groups in total. The number of hydrogen-bond donors (Lipinski definition) is 1. The van der Waals surface area contributed by atoms with Crippen molar-refractivity contribution in [1.29, 1.82) is 0 Å². The lowest BCUT2D eigenvalue weighted by molar-refractivity contribution is 0.518. The van der Waals surface area contributed by atoms with E-state index in [1.165, 1.54) is 0 Å². The van der Waals surface area contributed by atoms with Gasteiger partial charge in [-0.3, -0.25) is 14.3 Å². The number of nitrogens with one attached hydrogen (secondary N) is 1. The van der Waals surface area contributed by atoms with E-state index in [0.29, 0.717) is 17.9 Å². The van der Waals surface area contributed by atoms with E-state index in [9.17, 15) is 0 Å². The summed E-state index contributed by atoms with van der Waals surface area (Å²) < 4.78 is 4.37. The van der Waals surface area contributed by atoms with Gasteiger partial charge in [0.05, 0.1) is 17.6 Å². The highest BCUT2D eigenvalue weighted by atomic mass is 32.1. The van der Waals surface area contributed by atoms with Gasteiger partial charge in [-0.05, 0) is 23.7 Å². The molecule has 0 saturated carbocycles. The van der Waals surface area contributed by atoms with E-state index in [-0.39, 0.29) is 0 Å². The molecule has 0 atom stereocenters. The standard InChI is InChI=1S/C10H10N6S2/c17-10-13-12-9(8-2-1-7-18-8)16(10)6-5-15-4-3-11-14-15/h1-4,7H,5-6H2,(H,13,17). The molecule has 0 aromatic carbocycles. The third-order valence-electron chi connectivity index (χ3n) is 2.52. The molecule has 3 aromatic heterocycles. The Labute approximate surface area is 112 Å². The highest BCUT2D eigenvalue weighted by Gasteiger charge is 2.09. The third kappa shape index (κ3) is 2.12. The zero-order valence-corrected chi connectivity index (χ0v) is 11.0. The third-order valence-corrected chi connectivity index (χ3v) is 3.70. The Morgan fingerprint density at radius 1 is 1.39 bits per heavy atom. The average molecular weight is 278 g/mol. The number of aromatic amines is 1. The lowest BCUT2D eigenvalue weighted by Gasteiger charge is -2.05. The van der Waals surface area contributed by atoms with Crippen LogP contribution in [-0.4, -0.2) is 29.8 Å². The monoisotopic (exact) mass is 278 g/mol. The van der Waals surface area contributed by atoms with Crippen LogP contribution in [0.15, 0.2) is 29.9 Å². The minimum Gasteiger partial charge on any atom is -0.298 e. The van der Waals surface area contributed by atoms with E-state index in [4.69, 9.17) is 12.2 Å². The van der Waals surface area contributed by atoms with Gasteiger partial charge in [0.2, 0.25) is 0 Å². The van der Waals surface area contributed by atoms with Crippen molar-refractivity contribution in [3.8, 4) is 10.7 Å². The molecule has 0 fully saturated rings. The van der Waals surface area contributed by atoms with Crippen LogP contribution >= 0.6 is 23.6 Å². The number of rotatable bonds is 4. The van der Waals surface area contributed by atoms with Gasteiger partial charge in [0.1, 0.15) is 0 Å². The molecule has 0 aliphatic carbocycles. The fourth-order valence-electron chi connectivity index (χ4n) is 1.67. The fraction of sp³-hybridized carbons (Fsp3) is 0.200. The second kappa shape index (κ2) is 4.83. The molecule has 0 bridgehead atoms. The van der Waals surface area contributed by atoms with Crippen LogP contribution in [0.25, 0.3) is 10.7 Å². The van der Waals surface area contributed by atoms with Gasteiger partial charge < -0.3 is 0 Å². The van der Waals surface area contributed by atoms with Crippen molar-refractivity contribution in [2.75, 3.05) is 0 Å². The van der Waals surface area contributed by atoms with E-state index < -0.39 is 0 Å². The summed E-state index contributed by atoms with van der Waals surface area (Å²) in [6, 6.07) is 4.03. The molecule has 0 amide bonds. The van der Waals surface area contributed by atoms with Crippen molar-refractivity contribution < 1.29 is 0 Å². The smallest absolute Gasteiger partial charge is 0.195 e. The van der Waals surface area contributed by atoms with Crippen LogP contribution in [0.2, 0.25) is 0 Å². The van der Waals surface area contributed by atoms with Crippen LogP contribution in [-0.2, 0) is 13.1 Å². The number of aromatic nitrogens is 6. The first-order valence-electron chi connectivity index (χ1n) is 5.38. The molecule has 3 heterocycles. The topological polar surface area (TPSA) is 64.3 Å². The van der Waals surface area contributed by atoms with Gasteiger partial charge in [-0.1, -0.05) is 11.3 Å². The fourth-order valence-corrected chi connectivity index (χ4v) is 2.62. The van der Waals surface area contributed by atoms with Crippen molar-refractivity contribution in [2.24, 2.45) is 0 Å². The van der Waals surface area contributed by atoms with Gasteiger partial charge in [0.25, 0.3) is 0 Å². The summed E-state index contributed by atoms with van der Waals surface area (Å²) in [5.41, 5.74) is 0. The Kier molecular flexibility index (Phi) is 3.03. The summed E-state index contributed by atoms with van der Waals surface area (Å²) in [5.74, 6) is 0.870. The Morgan fingerprint density at radius 3 is 3.06 bits per heavy atom. The number of H-pyrrole nitrogens is 1. The van der Waals surface area contributed by atoms with Crippen molar-refractivity contribution in [3.05, 3.63) is 34.7 Å². The molecule has 0 spiro atoms. The second-order valence-electron chi connectivity index (χ2n) is 3.65. The Bertz CT molecular complexity index is 664. The summed E-state index contributed by atoms with van der Waals surface area (Å²) in [4.78, 5) is 1.10. The molecule has 3 aromatic rings. The number of hydrogen-bond acceptors (Lipinski definition) is 5. The quantitative estimate of drug-likeness (QED) is 0.741. The lowest BCUT2D eigenvalue weighted by Crippen LogP contribution is -2.09. The molecular weight excluding hydrogens is 268 g/mol. The first-order chi connectivity index (χ1) is 8.84. The highest BCUT2D eigenvalue weighted by Crippen LogP contribution is 2.22. The van der Waals surface area contributed by atoms with E-state index in [0.717, 1.165) is 10.7 Å². The van der Waals surface area contributed by atoms with Gasteiger partial charge in [-0.15, -0.1) is 16.4 Å². The van der Waals surface area contributed by atoms with Crippen molar-refractivity contribution in [3.63, 3.8) is 0 Å². The van der Waals surface area contributed by atoms with Gasteiger partial charge in [-0.2, -0.15) is 5.10 Å². The second-order valence-corrected chi connectivity index (χ2v) is 4.98. The normalized spacial score (nSPS) is 10.9. The number of nitrogens with zero attached hydrogens (tertiary/aromatic N) is 5. The van der Waals surface area contributed by atoms with Crippen LogP contribution in [0.3, 0.4) is 0 Å². The minimum absolute atomic E-state index is 0.624. The summed E-state index contributed by atoms with van der Waals surface area (Å²) in [5, 5.41) is 16.8. The molecule has 3 rings (SSSR count). The molecule has 0 saturated heterocycles. The maximum Gasteiger partial charge on any atom is 0.195 e. The Hall–Kier alpha value is -1.80. The van der Waals surface area contributed by atoms with Gasteiger partial charge in [0.15, 0.2) is 10.6 Å². The van der Waals surface area contributed by atoms with E-state index in [2.05, 4.69) is 20.5 Å². The zero-order valence-electron chi connectivity index (χ0n) is 9.35. The van der Waals surface area contributed by atoms with E-state index in [1.807, 2.05) is 28.3 Å². The Balaban J connectivity index is 1.87. The molecule has 0 aliphatic heterocycles. The van der Waals surface area contributed by atoms with Crippen molar-refractivity contribution in [1.82, 2.24) is 29.8 Å². The van der Waals surface area contributed by atoms with Crippen LogP contribution in [0, 0.1) is 4.77 Å². The Morgan fingerprint density at radius 2 is 2.33 bits per heavy atom. The zero-order chi connectivity index (χ0) is 12.4. The summed E-state index contributed by atoms with van der Waals surface area (Å²) in [7, 11) is 0. The maximum atomic E-state index is 5.25. The molecule has 92 valence electrons. The molecule has 0 radical (unpaired) electrons. The molecule has 0 unspecified atom stereocenters. The van der Waals surface area contributed by atoms with Crippen LogP contribution in [0.5, 0.6) is 0 Å². The highest BCUT2D eigenvalue weighted by molar-refractivity contribution is 7.71. The predicted molar refractivity (Wildman–Crippen MR) is 70.7 cm³/mol. The molecule has 18 heavy (non-hydrogen) atoms. The predicted octanol–water partition coefficient (Wildman–Crippen LogP) is 1.96. The van der Waals surface area contributed by atoms with Crippen molar-refractivity contribution in [2.45, 2.75) is 13.1 Å². The summed E-state index contributed by atoms with van der Waals surface area (Å²) in [6.07, 6.45) is 3.49. The largest absolute Gasteiger partial charge is 0.298 e. The summed E-state index contributed by atoms with van der Waals surface area (Å²) >= 11 is 6.89. The van der Waals surface area contributed by atoms with Gasteiger partial charge in [0, 0.05) is 12.7 Å². The first-order valence-corrected chi connectivity index (χ1v) is 6.66. The summed E-state index contributed by atoms with van der Waals surface area (Å²) in [6.45, 7) is 1.43. The van der Waals surface area contributed by atoms with Crippen LogP contribution < -0.4 is 0 Å². The minimum atomic E-state index is 0.624. The van der Waals surface area contributed by atoms with Gasteiger partial charge in [-0.25, -0.2) is 0 Å². The number of thiophene rings is 1.